The van der Waals surface area contributed by atoms with Gasteiger partial charge in [0.15, 0.2) is 4.90 Å². The maximum atomic E-state index is 12.6. The molecule has 10 heteroatoms. The van der Waals surface area contributed by atoms with Gasteiger partial charge in [-0.05, 0) is 30.9 Å². The summed E-state index contributed by atoms with van der Waals surface area (Å²) in [6.45, 7) is 0.151. The molecule has 0 spiro atoms. The molecule has 2 rings (SSSR count). The number of sulfonamides is 1. The minimum absolute atomic E-state index is 0. The quantitative estimate of drug-likeness (QED) is 0.565. The predicted molar refractivity (Wildman–Crippen MR) is 95.1 cm³/mol. The normalized spacial score (nSPS) is 17.1. The van der Waals surface area contributed by atoms with Crippen molar-refractivity contribution in [3.8, 4) is 0 Å². The molecule has 1 aliphatic carbocycles. The van der Waals surface area contributed by atoms with Crippen LogP contribution < -0.4 is 10.5 Å². The van der Waals surface area contributed by atoms with E-state index in [1.165, 1.54) is 6.07 Å². The van der Waals surface area contributed by atoms with E-state index in [1.54, 1.807) is 0 Å². The van der Waals surface area contributed by atoms with Crippen molar-refractivity contribution in [3.05, 3.63) is 33.3 Å². The summed E-state index contributed by atoms with van der Waals surface area (Å²) < 4.78 is 27.7. The number of rotatable bonds is 6. The highest BCUT2D eigenvalue weighted by Gasteiger charge is 2.31. The number of nitrogens with two attached hydrogens (primary N) is 1. The summed E-state index contributed by atoms with van der Waals surface area (Å²) in [6.07, 6.45) is 5.03. The lowest BCUT2D eigenvalue weighted by atomic mass is 9.84. The van der Waals surface area contributed by atoms with Crippen LogP contribution in [0.3, 0.4) is 0 Å². The highest BCUT2D eigenvalue weighted by atomic mass is 35.5. The third-order valence-corrected chi connectivity index (χ3v) is 5.94. The van der Waals surface area contributed by atoms with Gasteiger partial charge in [-0.1, -0.05) is 30.9 Å². The monoisotopic (exact) mass is 397 g/mol. The Kier molecular flexibility index (Phi) is 7.88. The van der Waals surface area contributed by atoms with Gasteiger partial charge in [0.2, 0.25) is 10.0 Å². The molecule has 0 bridgehead atoms. The van der Waals surface area contributed by atoms with Gasteiger partial charge in [-0.25, -0.2) is 13.1 Å². The van der Waals surface area contributed by atoms with Gasteiger partial charge in [0, 0.05) is 23.7 Å². The van der Waals surface area contributed by atoms with E-state index in [1.807, 2.05) is 0 Å². The molecule has 0 aliphatic heterocycles. The Hall–Kier alpha value is -0.930. The van der Waals surface area contributed by atoms with E-state index >= 15 is 0 Å². The van der Waals surface area contributed by atoms with Crippen molar-refractivity contribution in [2.75, 3.05) is 6.54 Å². The number of hydrogen-bond acceptors (Lipinski definition) is 5. The predicted octanol–water partition coefficient (Wildman–Crippen LogP) is 2.86. The van der Waals surface area contributed by atoms with Crippen LogP contribution in [-0.4, -0.2) is 25.9 Å². The molecule has 1 saturated carbocycles. The van der Waals surface area contributed by atoms with Gasteiger partial charge in [0.25, 0.3) is 5.69 Å². The molecule has 0 amide bonds. The van der Waals surface area contributed by atoms with Crippen molar-refractivity contribution < 1.29 is 13.3 Å². The van der Waals surface area contributed by atoms with Gasteiger partial charge in [-0.2, -0.15) is 0 Å². The fourth-order valence-electron chi connectivity index (χ4n) is 2.99. The molecule has 1 fully saturated rings. The average Bonchev–Trinajstić information content (AvgIpc) is 2.53. The van der Waals surface area contributed by atoms with Crippen molar-refractivity contribution in [2.24, 2.45) is 11.7 Å². The Labute approximate surface area is 152 Å². The summed E-state index contributed by atoms with van der Waals surface area (Å²) in [5, 5.41) is 11.2. The standard InChI is InChI=1S/C14H20ClN3O4S.ClH/c15-11-6-7-13(18(19)20)14(8-11)23(21,22)17-12(9-16)10-4-2-1-3-5-10;/h6-8,10,12,17H,1-5,9,16H2;1H. The van der Waals surface area contributed by atoms with Crippen LogP contribution in [0, 0.1) is 16.0 Å². The number of halogens is 2. The number of benzene rings is 1. The molecule has 0 heterocycles. The molecule has 3 N–H and O–H groups in total. The lowest BCUT2D eigenvalue weighted by molar-refractivity contribution is -0.387. The lowest BCUT2D eigenvalue weighted by Gasteiger charge is -2.29. The van der Waals surface area contributed by atoms with Crippen LogP contribution in [0.15, 0.2) is 23.1 Å². The minimum Gasteiger partial charge on any atom is -0.329 e. The van der Waals surface area contributed by atoms with Gasteiger partial charge in [0.1, 0.15) is 0 Å². The van der Waals surface area contributed by atoms with E-state index < -0.39 is 31.6 Å². The molecular formula is C14H21Cl2N3O4S. The van der Waals surface area contributed by atoms with Crippen molar-refractivity contribution >= 4 is 39.7 Å². The van der Waals surface area contributed by atoms with E-state index in [4.69, 9.17) is 17.3 Å². The van der Waals surface area contributed by atoms with E-state index in [2.05, 4.69) is 4.72 Å². The second kappa shape index (κ2) is 8.96. The first-order valence-corrected chi connectivity index (χ1v) is 9.37. The molecule has 136 valence electrons. The zero-order valence-electron chi connectivity index (χ0n) is 13.0. The van der Waals surface area contributed by atoms with Gasteiger partial charge >= 0.3 is 0 Å². The topological polar surface area (TPSA) is 115 Å². The number of nitro benzene ring substituents is 1. The Balaban J connectivity index is 0.00000288. The van der Waals surface area contributed by atoms with Crippen LogP contribution in [0.2, 0.25) is 5.02 Å². The summed E-state index contributed by atoms with van der Waals surface area (Å²) in [7, 11) is -4.08. The molecule has 0 saturated heterocycles. The summed E-state index contributed by atoms with van der Waals surface area (Å²) in [6, 6.07) is 3.05. The molecule has 1 aromatic rings. The van der Waals surface area contributed by atoms with Crippen molar-refractivity contribution in [3.63, 3.8) is 0 Å². The SMILES string of the molecule is Cl.NCC(NS(=O)(=O)c1cc(Cl)ccc1[N+](=O)[O-])C1CCCCC1. The maximum absolute atomic E-state index is 12.6. The van der Waals surface area contributed by atoms with Crippen LogP contribution in [-0.2, 0) is 10.0 Å². The van der Waals surface area contributed by atoms with E-state index in [9.17, 15) is 18.5 Å². The maximum Gasteiger partial charge on any atom is 0.289 e. The van der Waals surface area contributed by atoms with Crippen molar-refractivity contribution in [1.29, 1.82) is 0 Å². The van der Waals surface area contributed by atoms with Gasteiger partial charge in [-0.3, -0.25) is 10.1 Å². The summed E-state index contributed by atoms with van der Waals surface area (Å²) >= 11 is 5.81. The van der Waals surface area contributed by atoms with Crippen LogP contribution in [0.4, 0.5) is 5.69 Å². The van der Waals surface area contributed by atoms with Crippen LogP contribution in [0.1, 0.15) is 32.1 Å². The smallest absolute Gasteiger partial charge is 0.289 e. The molecule has 1 atom stereocenters. The van der Waals surface area contributed by atoms with Crippen LogP contribution in [0.5, 0.6) is 0 Å². The number of nitrogens with one attached hydrogen (secondary N) is 1. The second-order valence-corrected chi connectivity index (χ2v) is 7.85. The zero-order chi connectivity index (χ0) is 17.0. The second-order valence-electron chi connectivity index (χ2n) is 5.73. The van der Waals surface area contributed by atoms with Gasteiger partial charge in [0.05, 0.1) is 4.92 Å². The van der Waals surface area contributed by atoms with Crippen LogP contribution >= 0.6 is 24.0 Å². The Morgan fingerprint density at radius 1 is 1.33 bits per heavy atom. The van der Waals surface area contributed by atoms with E-state index in [-0.39, 0.29) is 29.9 Å². The van der Waals surface area contributed by atoms with Crippen molar-refractivity contribution in [1.82, 2.24) is 4.72 Å². The summed E-state index contributed by atoms with van der Waals surface area (Å²) in [5.41, 5.74) is 5.23. The fourth-order valence-corrected chi connectivity index (χ4v) is 4.74. The Morgan fingerprint density at radius 3 is 2.50 bits per heavy atom. The lowest BCUT2D eigenvalue weighted by Crippen LogP contribution is -2.45. The third kappa shape index (κ3) is 5.03. The molecule has 1 unspecified atom stereocenters. The Bertz CT molecular complexity index is 679. The summed E-state index contributed by atoms with van der Waals surface area (Å²) in [5.74, 6) is 0.154. The van der Waals surface area contributed by atoms with Gasteiger partial charge in [-0.15, -0.1) is 12.4 Å². The van der Waals surface area contributed by atoms with E-state index in [0.29, 0.717) is 0 Å². The van der Waals surface area contributed by atoms with Crippen molar-refractivity contribution in [2.45, 2.75) is 43.0 Å². The van der Waals surface area contributed by atoms with Crippen LogP contribution in [0.25, 0.3) is 0 Å². The number of nitrogens with zero attached hydrogens (tertiary/aromatic N) is 1. The molecular weight excluding hydrogens is 377 g/mol. The minimum atomic E-state index is -4.08. The first-order chi connectivity index (χ1) is 10.8. The highest BCUT2D eigenvalue weighted by Crippen LogP contribution is 2.30. The van der Waals surface area contributed by atoms with Gasteiger partial charge < -0.3 is 5.73 Å². The first kappa shape index (κ1) is 21.1. The zero-order valence-corrected chi connectivity index (χ0v) is 15.4. The highest BCUT2D eigenvalue weighted by molar-refractivity contribution is 7.89. The average molecular weight is 398 g/mol. The fraction of sp³-hybridized carbons (Fsp3) is 0.571. The number of hydrogen-bond donors (Lipinski definition) is 2. The molecule has 7 nitrogen and oxygen atoms in total. The molecule has 0 radical (unpaired) electrons. The molecule has 0 aromatic heterocycles. The first-order valence-electron chi connectivity index (χ1n) is 7.51. The Morgan fingerprint density at radius 2 is 1.96 bits per heavy atom. The molecule has 1 aromatic carbocycles. The summed E-state index contributed by atoms with van der Waals surface area (Å²) in [4.78, 5) is 9.92. The third-order valence-electron chi connectivity index (χ3n) is 4.19. The number of nitro groups is 1. The molecule has 24 heavy (non-hydrogen) atoms. The molecule has 1 aliphatic rings. The van der Waals surface area contributed by atoms with E-state index in [0.717, 1.165) is 44.2 Å². The largest absolute Gasteiger partial charge is 0.329 e.